The number of hydrogen-bond acceptors (Lipinski definition) is 3. The van der Waals surface area contributed by atoms with Crippen LogP contribution < -0.4 is 0 Å². The van der Waals surface area contributed by atoms with Gasteiger partial charge in [-0.3, -0.25) is 0 Å². The van der Waals surface area contributed by atoms with Gasteiger partial charge in [-0.15, -0.1) is 0 Å². The topological polar surface area (TPSA) is 55.8 Å². The lowest BCUT2D eigenvalue weighted by Crippen LogP contribution is -2.30. The second-order valence-corrected chi connectivity index (χ2v) is 3.82. The van der Waals surface area contributed by atoms with Crippen molar-refractivity contribution < 1.29 is 19.4 Å². The summed E-state index contributed by atoms with van der Waals surface area (Å²) in [7, 11) is 0. The molecule has 0 amide bonds. The smallest absolute Gasteiger partial charge is 0.335 e. The summed E-state index contributed by atoms with van der Waals surface area (Å²) >= 11 is 0. The fraction of sp³-hybridized carbons (Fsp3) is 0.889. The Morgan fingerprint density at radius 3 is 2.46 bits per heavy atom. The maximum atomic E-state index is 10.7. The summed E-state index contributed by atoms with van der Waals surface area (Å²) in [6, 6.07) is 0. The van der Waals surface area contributed by atoms with Crippen LogP contribution in [0.1, 0.15) is 32.6 Å². The van der Waals surface area contributed by atoms with Gasteiger partial charge in [0.15, 0.2) is 11.9 Å². The van der Waals surface area contributed by atoms with E-state index in [-0.39, 0.29) is 6.10 Å². The fourth-order valence-electron chi connectivity index (χ4n) is 2.16. The highest BCUT2D eigenvalue weighted by atomic mass is 16.8. The molecule has 1 N–H and O–H groups in total. The quantitative estimate of drug-likeness (QED) is 0.667. The largest absolute Gasteiger partial charge is 0.479 e. The minimum absolute atomic E-state index is 0.324. The lowest BCUT2D eigenvalue weighted by atomic mass is 10.2. The van der Waals surface area contributed by atoms with E-state index in [0.29, 0.717) is 0 Å². The van der Waals surface area contributed by atoms with Gasteiger partial charge in [0, 0.05) is 12.8 Å². The first kappa shape index (κ1) is 8.97. The molecule has 1 saturated heterocycles. The van der Waals surface area contributed by atoms with Crippen molar-refractivity contribution in [1.82, 2.24) is 0 Å². The summed E-state index contributed by atoms with van der Waals surface area (Å²) in [5.41, 5.74) is 0. The van der Waals surface area contributed by atoms with Crippen LogP contribution >= 0.6 is 0 Å². The fourth-order valence-corrected chi connectivity index (χ4v) is 2.16. The average Bonchev–Trinajstić information content (AvgIpc) is 2.60. The first-order chi connectivity index (χ1) is 6.13. The van der Waals surface area contributed by atoms with Crippen molar-refractivity contribution in [3.8, 4) is 0 Å². The van der Waals surface area contributed by atoms with Gasteiger partial charge in [0.1, 0.15) is 0 Å². The Balaban J connectivity index is 2.09. The molecule has 0 bridgehead atoms. The first-order valence-electron chi connectivity index (χ1n) is 4.71. The molecule has 1 aliphatic carbocycles. The summed E-state index contributed by atoms with van der Waals surface area (Å²) in [6.07, 6.45) is 2.70. The van der Waals surface area contributed by atoms with Gasteiger partial charge in [-0.2, -0.15) is 0 Å². The van der Waals surface area contributed by atoms with Gasteiger partial charge in [0.2, 0.25) is 0 Å². The molecule has 74 valence electrons. The van der Waals surface area contributed by atoms with Crippen molar-refractivity contribution in [2.45, 2.75) is 50.6 Å². The normalized spacial score (nSPS) is 37.0. The van der Waals surface area contributed by atoms with Crippen molar-refractivity contribution >= 4 is 5.97 Å². The summed E-state index contributed by atoms with van der Waals surface area (Å²) in [5.74, 6) is -1.49. The molecule has 2 aliphatic rings. The lowest BCUT2D eigenvalue weighted by molar-refractivity contribution is -0.178. The number of carboxylic acids is 1. The van der Waals surface area contributed by atoms with Crippen LogP contribution in [-0.4, -0.2) is 29.1 Å². The molecule has 2 unspecified atom stereocenters. The molecule has 13 heavy (non-hydrogen) atoms. The van der Waals surface area contributed by atoms with E-state index >= 15 is 0 Å². The van der Waals surface area contributed by atoms with Crippen LogP contribution in [0.3, 0.4) is 0 Å². The zero-order valence-corrected chi connectivity index (χ0v) is 7.66. The molecule has 0 aromatic carbocycles. The Morgan fingerprint density at radius 1 is 1.38 bits per heavy atom. The summed E-state index contributed by atoms with van der Waals surface area (Å²) in [4.78, 5) is 10.7. The van der Waals surface area contributed by atoms with E-state index in [1.807, 2.05) is 0 Å². The maximum Gasteiger partial charge on any atom is 0.335 e. The van der Waals surface area contributed by atoms with Crippen LogP contribution in [0.4, 0.5) is 0 Å². The van der Waals surface area contributed by atoms with Gasteiger partial charge >= 0.3 is 5.97 Å². The highest BCUT2D eigenvalue weighted by Gasteiger charge is 2.50. The molecule has 4 nitrogen and oxygen atoms in total. The van der Waals surface area contributed by atoms with Crippen molar-refractivity contribution in [1.29, 1.82) is 0 Å². The van der Waals surface area contributed by atoms with Gasteiger partial charge < -0.3 is 14.6 Å². The SMILES string of the molecule is CC1OC2(CCCC2)OC1C(=O)O. The number of carbonyl (C=O) groups is 1. The van der Waals surface area contributed by atoms with Gasteiger partial charge in [-0.25, -0.2) is 4.79 Å². The molecule has 2 atom stereocenters. The van der Waals surface area contributed by atoms with Gasteiger partial charge in [0.25, 0.3) is 0 Å². The van der Waals surface area contributed by atoms with Crippen LogP contribution in [-0.2, 0) is 14.3 Å². The van der Waals surface area contributed by atoms with E-state index in [0.717, 1.165) is 25.7 Å². The summed E-state index contributed by atoms with van der Waals surface area (Å²) < 4.78 is 11.0. The van der Waals surface area contributed by atoms with E-state index in [1.165, 1.54) is 0 Å². The second kappa shape index (κ2) is 2.96. The first-order valence-corrected chi connectivity index (χ1v) is 4.71. The van der Waals surface area contributed by atoms with Crippen LogP contribution in [0.5, 0.6) is 0 Å². The molecule has 1 saturated carbocycles. The van der Waals surface area contributed by atoms with Crippen LogP contribution in [0, 0.1) is 0 Å². The number of ether oxygens (including phenoxy) is 2. The predicted octanol–water partition coefficient (Wildman–Crippen LogP) is 1.15. The Labute approximate surface area is 76.8 Å². The third-order valence-corrected chi connectivity index (χ3v) is 2.78. The minimum Gasteiger partial charge on any atom is -0.479 e. The Kier molecular flexibility index (Phi) is 2.04. The third kappa shape index (κ3) is 1.44. The van der Waals surface area contributed by atoms with Crippen molar-refractivity contribution in [3.05, 3.63) is 0 Å². The van der Waals surface area contributed by atoms with E-state index in [4.69, 9.17) is 14.6 Å². The van der Waals surface area contributed by atoms with Crippen molar-refractivity contribution in [2.75, 3.05) is 0 Å². The van der Waals surface area contributed by atoms with E-state index in [9.17, 15) is 4.79 Å². The summed E-state index contributed by atoms with van der Waals surface area (Å²) in [6.45, 7) is 1.76. The molecular formula is C9H14O4. The molecular weight excluding hydrogens is 172 g/mol. The molecule has 4 heteroatoms. The van der Waals surface area contributed by atoms with E-state index in [2.05, 4.69) is 0 Å². The molecule has 0 radical (unpaired) electrons. The highest BCUT2D eigenvalue weighted by Crippen LogP contribution is 2.41. The molecule has 2 rings (SSSR count). The van der Waals surface area contributed by atoms with E-state index in [1.54, 1.807) is 6.92 Å². The third-order valence-electron chi connectivity index (χ3n) is 2.78. The van der Waals surface area contributed by atoms with Gasteiger partial charge in [-0.1, -0.05) is 0 Å². The lowest BCUT2D eigenvalue weighted by Gasteiger charge is -2.21. The van der Waals surface area contributed by atoms with Gasteiger partial charge in [0.05, 0.1) is 6.10 Å². The number of carboxylic acid groups (broad SMARTS) is 1. The van der Waals surface area contributed by atoms with Crippen molar-refractivity contribution in [2.24, 2.45) is 0 Å². The minimum atomic E-state index is -0.920. The standard InChI is InChI=1S/C9H14O4/c1-6-7(8(10)11)13-9(12-6)4-2-3-5-9/h6-7H,2-5H2,1H3,(H,10,11). The van der Waals surface area contributed by atoms with Crippen LogP contribution in [0.2, 0.25) is 0 Å². The number of hydrogen-bond donors (Lipinski definition) is 1. The Morgan fingerprint density at radius 2 is 2.00 bits per heavy atom. The molecule has 2 fully saturated rings. The monoisotopic (exact) mass is 186 g/mol. The van der Waals surface area contributed by atoms with Crippen molar-refractivity contribution in [3.63, 3.8) is 0 Å². The molecule has 1 spiro atoms. The maximum absolute atomic E-state index is 10.7. The molecule has 0 aromatic heterocycles. The van der Waals surface area contributed by atoms with Crippen LogP contribution in [0.15, 0.2) is 0 Å². The highest BCUT2D eigenvalue weighted by molar-refractivity contribution is 5.73. The number of rotatable bonds is 1. The predicted molar refractivity (Wildman–Crippen MR) is 44.3 cm³/mol. The average molecular weight is 186 g/mol. The van der Waals surface area contributed by atoms with Gasteiger partial charge in [-0.05, 0) is 19.8 Å². The Bertz CT molecular complexity index is 220. The number of aliphatic carboxylic acids is 1. The van der Waals surface area contributed by atoms with Crippen LogP contribution in [0.25, 0.3) is 0 Å². The van der Waals surface area contributed by atoms with E-state index < -0.39 is 17.9 Å². The Hall–Kier alpha value is -0.610. The summed E-state index contributed by atoms with van der Waals surface area (Å²) in [5, 5.41) is 8.82. The molecule has 0 aromatic rings. The molecule has 1 heterocycles. The zero-order chi connectivity index (χ0) is 9.47. The molecule has 1 aliphatic heterocycles. The zero-order valence-electron chi connectivity index (χ0n) is 7.66. The second-order valence-electron chi connectivity index (χ2n) is 3.82.